The molecule has 0 saturated carbocycles. The van der Waals surface area contributed by atoms with E-state index in [0.717, 1.165) is 32.1 Å². The first-order valence-corrected chi connectivity index (χ1v) is 9.40. The first kappa shape index (κ1) is 15.9. The van der Waals surface area contributed by atoms with Gasteiger partial charge in [-0.25, -0.2) is 19.6 Å². The van der Waals surface area contributed by atoms with Crippen LogP contribution in [0.1, 0.15) is 11.1 Å². The Bertz CT molecular complexity index is 1230. The molecule has 5 aromatic rings. The molecular formula is C20H16N6S. The molecular weight excluding hydrogens is 356 g/mol. The molecule has 0 spiro atoms. The highest BCUT2D eigenvalue weighted by Crippen LogP contribution is 2.31. The van der Waals surface area contributed by atoms with Gasteiger partial charge in [-0.1, -0.05) is 29.5 Å². The van der Waals surface area contributed by atoms with Gasteiger partial charge in [-0.15, -0.1) is 0 Å². The molecule has 7 heteroatoms. The zero-order valence-corrected chi connectivity index (χ0v) is 15.7. The van der Waals surface area contributed by atoms with Gasteiger partial charge in [0.25, 0.3) is 0 Å². The molecule has 1 N–H and O–H groups in total. The topological polar surface area (TPSA) is 68.5 Å². The van der Waals surface area contributed by atoms with E-state index >= 15 is 0 Å². The molecule has 0 aliphatic carbocycles. The fourth-order valence-electron chi connectivity index (χ4n) is 3.04. The maximum atomic E-state index is 4.70. The van der Waals surface area contributed by atoms with E-state index in [4.69, 9.17) is 4.98 Å². The van der Waals surface area contributed by atoms with E-state index in [1.165, 1.54) is 11.1 Å². The van der Waals surface area contributed by atoms with E-state index in [2.05, 4.69) is 46.4 Å². The zero-order valence-electron chi connectivity index (χ0n) is 14.8. The predicted octanol–water partition coefficient (Wildman–Crippen LogP) is 4.79. The van der Waals surface area contributed by atoms with Gasteiger partial charge in [0.2, 0.25) is 0 Å². The van der Waals surface area contributed by atoms with Crippen molar-refractivity contribution in [1.29, 1.82) is 0 Å². The number of hydrogen-bond acceptors (Lipinski definition) is 6. The molecule has 27 heavy (non-hydrogen) atoms. The monoisotopic (exact) mass is 372 g/mol. The van der Waals surface area contributed by atoms with Crippen molar-refractivity contribution in [3.63, 3.8) is 0 Å². The van der Waals surface area contributed by atoms with Gasteiger partial charge in [0.15, 0.2) is 10.8 Å². The number of thiazole rings is 1. The summed E-state index contributed by atoms with van der Waals surface area (Å²) in [6.07, 6.45) is 3.33. The summed E-state index contributed by atoms with van der Waals surface area (Å²) in [6.45, 7) is 4.22. The van der Waals surface area contributed by atoms with Crippen LogP contribution in [-0.2, 0) is 0 Å². The molecule has 5 rings (SSSR count). The van der Waals surface area contributed by atoms with Crippen LogP contribution in [0.25, 0.3) is 26.9 Å². The zero-order chi connectivity index (χ0) is 18.4. The van der Waals surface area contributed by atoms with E-state index in [0.29, 0.717) is 5.82 Å². The Morgan fingerprint density at radius 1 is 1.00 bits per heavy atom. The van der Waals surface area contributed by atoms with E-state index < -0.39 is 0 Å². The fourth-order valence-corrected chi connectivity index (χ4v) is 3.98. The number of aromatic nitrogens is 5. The molecule has 0 aliphatic rings. The number of rotatable bonds is 3. The lowest BCUT2D eigenvalue weighted by Crippen LogP contribution is -1.99. The third-order valence-corrected chi connectivity index (χ3v) is 5.53. The summed E-state index contributed by atoms with van der Waals surface area (Å²) in [6, 6.07) is 14.2. The van der Waals surface area contributed by atoms with Crippen LogP contribution in [0.3, 0.4) is 0 Å². The van der Waals surface area contributed by atoms with Crippen LogP contribution in [0.5, 0.6) is 0 Å². The third-order valence-electron chi connectivity index (χ3n) is 4.60. The van der Waals surface area contributed by atoms with Gasteiger partial charge >= 0.3 is 0 Å². The Balaban J connectivity index is 1.57. The lowest BCUT2D eigenvalue weighted by molar-refractivity contribution is 0.895. The predicted molar refractivity (Wildman–Crippen MR) is 109 cm³/mol. The Morgan fingerprint density at radius 2 is 1.81 bits per heavy atom. The molecule has 3 aromatic heterocycles. The molecule has 132 valence electrons. The first-order valence-electron chi connectivity index (χ1n) is 8.58. The van der Waals surface area contributed by atoms with Crippen LogP contribution >= 0.6 is 11.3 Å². The second kappa shape index (κ2) is 6.14. The van der Waals surface area contributed by atoms with Gasteiger partial charge in [-0.3, -0.25) is 0 Å². The van der Waals surface area contributed by atoms with Gasteiger partial charge in [0.1, 0.15) is 12.1 Å². The van der Waals surface area contributed by atoms with Gasteiger partial charge in [0, 0.05) is 0 Å². The summed E-state index contributed by atoms with van der Waals surface area (Å²) in [5.74, 6) is 0.703. The molecule has 2 aromatic carbocycles. The first-order chi connectivity index (χ1) is 13.2. The number of nitrogens with one attached hydrogen (secondary N) is 1. The molecule has 6 nitrogen and oxygen atoms in total. The lowest BCUT2D eigenvalue weighted by Gasteiger charge is -2.04. The normalized spacial score (nSPS) is 11.3. The van der Waals surface area contributed by atoms with Crippen molar-refractivity contribution < 1.29 is 0 Å². The minimum atomic E-state index is 0.703. The van der Waals surface area contributed by atoms with Crippen molar-refractivity contribution in [2.24, 2.45) is 0 Å². The summed E-state index contributed by atoms with van der Waals surface area (Å²) in [4.78, 5) is 13.5. The molecule has 0 bridgehead atoms. The van der Waals surface area contributed by atoms with Crippen molar-refractivity contribution >= 4 is 43.5 Å². The molecule has 0 saturated heterocycles. The van der Waals surface area contributed by atoms with Gasteiger partial charge < -0.3 is 5.32 Å². The van der Waals surface area contributed by atoms with Crippen LogP contribution in [-0.4, -0.2) is 24.7 Å². The summed E-state index contributed by atoms with van der Waals surface area (Å²) in [5, 5.41) is 9.50. The minimum absolute atomic E-state index is 0.703. The summed E-state index contributed by atoms with van der Waals surface area (Å²) in [5.41, 5.74) is 5.23. The van der Waals surface area contributed by atoms with E-state index in [-0.39, 0.29) is 0 Å². The smallest absolute Gasteiger partial charge is 0.189 e. The second-order valence-electron chi connectivity index (χ2n) is 6.40. The van der Waals surface area contributed by atoms with Crippen molar-refractivity contribution in [2.75, 3.05) is 5.32 Å². The van der Waals surface area contributed by atoms with Crippen LogP contribution in [0.15, 0.2) is 55.0 Å². The van der Waals surface area contributed by atoms with E-state index in [1.54, 1.807) is 23.9 Å². The largest absolute Gasteiger partial charge is 0.315 e. The Kier molecular flexibility index (Phi) is 3.61. The van der Waals surface area contributed by atoms with Crippen LogP contribution < -0.4 is 5.32 Å². The summed E-state index contributed by atoms with van der Waals surface area (Å²) < 4.78 is 2.97. The van der Waals surface area contributed by atoms with Gasteiger partial charge in [0.05, 0.1) is 27.5 Å². The number of hydrogen-bond donors (Lipinski definition) is 1. The van der Waals surface area contributed by atoms with Crippen LogP contribution in [0.4, 0.5) is 10.9 Å². The van der Waals surface area contributed by atoms with Crippen molar-refractivity contribution in [3.8, 4) is 5.69 Å². The molecule has 0 unspecified atom stereocenters. The molecule has 3 heterocycles. The quantitative estimate of drug-likeness (QED) is 0.493. The van der Waals surface area contributed by atoms with E-state index in [9.17, 15) is 0 Å². The number of aryl methyl sites for hydroxylation is 2. The average molecular weight is 372 g/mol. The summed E-state index contributed by atoms with van der Waals surface area (Å²) >= 11 is 1.62. The van der Waals surface area contributed by atoms with Gasteiger partial charge in [-0.05, 0) is 49.2 Å². The highest BCUT2D eigenvalue weighted by molar-refractivity contribution is 7.22. The minimum Gasteiger partial charge on any atom is -0.315 e. The Labute approximate surface area is 159 Å². The maximum Gasteiger partial charge on any atom is 0.189 e. The maximum absolute atomic E-state index is 4.70. The standard InChI is InChI=1S/C20H16N6S/c1-12-8-16-17(9-13(12)2)27-20(24-16)25-18-15-10-23-26(19(15)22-11-21-18)14-6-4-3-5-7-14/h3-11H,1-2H3,(H,21,22,24,25). The number of benzene rings is 2. The third kappa shape index (κ3) is 2.72. The highest BCUT2D eigenvalue weighted by Gasteiger charge is 2.13. The molecule has 0 fully saturated rings. The number of para-hydroxylation sites is 1. The lowest BCUT2D eigenvalue weighted by atomic mass is 10.1. The number of anilines is 2. The van der Waals surface area contributed by atoms with Crippen molar-refractivity contribution in [3.05, 3.63) is 66.1 Å². The Morgan fingerprint density at radius 3 is 2.67 bits per heavy atom. The Hall–Kier alpha value is -3.32. The molecule has 0 amide bonds. The van der Waals surface area contributed by atoms with E-state index in [1.807, 2.05) is 35.0 Å². The number of fused-ring (bicyclic) bond motifs is 2. The SMILES string of the molecule is Cc1cc2nc(Nc3ncnc4c3cnn4-c3ccccc3)sc2cc1C. The van der Waals surface area contributed by atoms with Crippen LogP contribution in [0.2, 0.25) is 0 Å². The second-order valence-corrected chi connectivity index (χ2v) is 7.43. The highest BCUT2D eigenvalue weighted by atomic mass is 32.1. The fraction of sp³-hybridized carbons (Fsp3) is 0.100. The van der Waals surface area contributed by atoms with Crippen molar-refractivity contribution in [2.45, 2.75) is 13.8 Å². The molecule has 0 atom stereocenters. The molecule has 0 aliphatic heterocycles. The van der Waals surface area contributed by atoms with Gasteiger partial charge in [-0.2, -0.15) is 5.10 Å². The average Bonchev–Trinajstić information content (AvgIpc) is 3.27. The van der Waals surface area contributed by atoms with Crippen molar-refractivity contribution in [1.82, 2.24) is 24.7 Å². The number of nitrogens with zero attached hydrogens (tertiary/aromatic N) is 5. The molecule has 0 radical (unpaired) electrons. The summed E-state index contributed by atoms with van der Waals surface area (Å²) in [7, 11) is 0. The van der Waals surface area contributed by atoms with Crippen LogP contribution in [0, 0.1) is 13.8 Å².